The van der Waals surface area contributed by atoms with E-state index in [2.05, 4.69) is 0 Å². The van der Waals surface area contributed by atoms with E-state index in [4.69, 9.17) is 0 Å². The first-order valence-electron chi connectivity index (χ1n) is 9.62. The molecular formula is C21H27NO6S. The average molecular weight is 422 g/mol. The van der Waals surface area contributed by atoms with Crippen LogP contribution in [-0.4, -0.2) is 52.4 Å². The molecule has 1 aliphatic rings. The van der Waals surface area contributed by atoms with E-state index in [1.54, 1.807) is 6.92 Å². The number of nitrogens with zero attached hydrogens (tertiary/aromatic N) is 1. The summed E-state index contributed by atoms with van der Waals surface area (Å²) in [7, 11) is -4.83. The molecule has 29 heavy (non-hydrogen) atoms. The smallest absolute Gasteiger partial charge is 0.291 e. The van der Waals surface area contributed by atoms with Crippen LogP contribution in [0.2, 0.25) is 0 Å². The summed E-state index contributed by atoms with van der Waals surface area (Å²) in [6.45, 7) is 1.87. The predicted octanol–water partition coefficient (Wildman–Crippen LogP) is 2.19. The predicted molar refractivity (Wildman–Crippen MR) is 109 cm³/mol. The fraction of sp³-hybridized carbons (Fsp3) is 0.429. The fourth-order valence-electron chi connectivity index (χ4n) is 4.32. The number of hydrogen-bond donors (Lipinski definition) is 4. The van der Waals surface area contributed by atoms with Gasteiger partial charge in [0.1, 0.15) is 5.75 Å². The highest BCUT2D eigenvalue weighted by Crippen LogP contribution is 2.44. The normalized spacial score (nSPS) is 20.7. The third-order valence-electron chi connectivity index (χ3n) is 5.86. The number of hydrogen-bond acceptors (Lipinski definition) is 6. The lowest BCUT2D eigenvalue weighted by Gasteiger charge is -2.49. The molecule has 0 bridgehead atoms. The Bertz CT molecular complexity index is 941. The maximum absolute atomic E-state index is 12.7. The van der Waals surface area contributed by atoms with E-state index >= 15 is 0 Å². The minimum absolute atomic E-state index is 0.0644. The van der Waals surface area contributed by atoms with Crippen LogP contribution in [-0.2, 0) is 20.6 Å². The number of rotatable bonds is 6. The molecule has 0 radical (unpaired) electrons. The molecule has 3 rings (SSSR count). The monoisotopic (exact) mass is 421 g/mol. The van der Waals surface area contributed by atoms with Gasteiger partial charge in [0, 0.05) is 13.1 Å². The summed E-state index contributed by atoms with van der Waals surface area (Å²) >= 11 is 0. The van der Waals surface area contributed by atoms with E-state index in [-0.39, 0.29) is 43.7 Å². The van der Waals surface area contributed by atoms with Crippen LogP contribution in [0.1, 0.15) is 37.3 Å². The lowest BCUT2D eigenvalue weighted by Crippen LogP contribution is -2.62. The molecule has 158 valence electrons. The fourth-order valence-corrected chi connectivity index (χ4v) is 5.77. The molecule has 1 fully saturated rings. The highest BCUT2D eigenvalue weighted by Gasteiger charge is 2.56. The van der Waals surface area contributed by atoms with Crippen LogP contribution >= 0.6 is 0 Å². The van der Waals surface area contributed by atoms with E-state index in [0.717, 1.165) is 5.56 Å². The molecule has 4 N–H and O–H groups in total. The zero-order chi connectivity index (χ0) is 21.3. The highest BCUT2D eigenvalue weighted by atomic mass is 32.2. The number of likely N-dealkylation sites (tertiary alicyclic amines) is 1. The Hall–Kier alpha value is -1.97. The van der Waals surface area contributed by atoms with Gasteiger partial charge in [0.25, 0.3) is 10.1 Å². The number of aliphatic hydroxyl groups is 2. The van der Waals surface area contributed by atoms with Crippen molar-refractivity contribution >= 4 is 10.1 Å². The molecule has 8 heteroatoms. The molecule has 2 aromatic rings. The number of aliphatic hydroxyl groups excluding tert-OH is 1. The van der Waals surface area contributed by atoms with Crippen molar-refractivity contribution in [1.29, 1.82) is 0 Å². The summed E-state index contributed by atoms with van der Waals surface area (Å²) in [5.41, 5.74) is -0.302. The maximum atomic E-state index is 12.7. The molecule has 0 aliphatic carbocycles. The topological polar surface area (TPSA) is 118 Å². The second-order valence-corrected chi connectivity index (χ2v) is 9.10. The Morgan fingerprint density at radius 2 is 1.72 bits per heavy atom. The Labute approximate surface area is 171 Å². The van der Waals surface area contributed by atoms with Crippen molar-refractivity contribution in [3.8, 4) is 5.75 Å². The summed E-state index contributed by atoms with van der Waals surface area (Å²) in [5, 5.41) is 31.8. The van der Waals surface area contributed by atoms with E-state index in [1.807, 2.05) is 30.3 Å². The molecule has 0 spiro atoms. The lowest BCUT2D eigenvalue weighted by atomic mass is 9.83. The van der Waals surface area contributed by atoms with Gasteiger partial charge in [-0.2, -0.15) is 8.42 Å². The van der Waals surface area contributed by atoms with Crippen molar-refractivity contribution in [2.24, 2.45) is 0 Å². The molecule has 2 atom stereocenters. The van der Waals surface area contributed by atoms with E-state index in [9.17, 15) is 28.3 Å². The van der Waals surface area contributed by atoms with Crippen LogP contribution in [0.5, 0.6) is 5.75 Å². The summed E-state index contributed by atoms with van der Waals surface area (Å²) in [6, 6.07) is 14.7. The molecular weight excluding hydrogens is 394 g/mol. The summed E-state index contributed by atoms with van der Waals surface area (Å²) < 4.78 is 35.7. The van der Waals surface area contributed by atoms with Crippen LogP contribution in [0.15, 0.2) is 54.6 Å². The number of phenols is 1. The lowest BCUT2D eigenvalue weighted by molar-refractivity contribution is -0.0690. The van der Waals surface area contributed by atoms with Gasteiger partial charge >= 0.3 is 0 Å². The van der Waals surface area contributed by atoms with Crippen molar-refractivity contribution in [3.05, 3.63) is 65.7 Å². The minimum atomic E-state index is -4.83. The van der Waals surface area contributed by atoms with E-state index in [0.29, 0.717) is 0 Å². The summed E-state index contributed by atoms with van der Waals surface area (Å²) in [6.07, 6.45) is -0.927. The summed E-state index contributed by atoms with van der Waals surface area (Å²) in [4.78, 5) is -0.652. The zero-order valence-corrected chi connectivity index (χ0v) is 17.1. The third-order valence-corrected chi connectivity index (χ3v) is 7.42. The first-order valence-corrected chi connectivity index (χ1v) is 11.1. The van der Waals surface area contributed by atoms with Crippen molar-refractivity contribution < 1.29 is 28.3 Å². The van der Waals surface area contributed by atoms with Gasteiger partial charge in [-0.1, -0.05) is 49.4 Å². The standard InChI is InChI=1S/C21H27NO6S/c1-2-19(24)21(29(26,27)28,17-9-6-10-18(23)15-17)22-13-11-20(25,12-14-22)16-7-4-3-5-8-16/h3-10,15,19,23-25H,2,11-14H2,1H3,(H,26,27,28). The molecule has 1 heterocycles. The molecule has 1 saturated heterocycles. The molecule has 2 unspecified atom stereocenters. The maximum Gasteiger partial charge on any atom is 0.291 e. The number of piperidine rings is 1. The second-order valence-electron chi connectivity index (χ2n) is 7.53. The molecule has 0 saturated carbocycles. The first-order chi connectivity index (χ1) is 13.6. The Balaban J connectivity index is 2.05. The van der Waals surface area contributed by atoms with Gasteiger partial charge in [0.2, 0.25) is 4.87 Å². The number of aromatic hydroxyl groups is 1. The third kappa shape index (κ3) is 3.78. The van der Waals surface area contributed by atoms with Crippen molar-refractivity contribution in [3.63, 3.8) is 0 Å². The molecule has 7 nitrogen and oxygen atoms in total. The Morgan fingerprint density at radius 1 is 1.10 bits per heavy atom. The SMILES string of the molecule is CCC(O)C(c1cccc(O)c1)(N1CCC(O)(c2ccccc2)CC1)S(=O)(=O)O. The van der Waals surface area contributed by atoms with E-state index < -0.39 is 26.7 Å². The van der Waals surface area contributed by atoms with Crippen LogP contribution in [0.4, 0.5) is 0 Å². The van der Waals surface area contributed by atoms with Gasteiger partial charge in [-0.25, -0.2) is 0 Å². The zero-order valence-electron chi connectivity index (χ0n) is 16.3. The first kappa shape index (κ1) is 21.7. The second kappa shape index (κ2) is 8.04. The van der Waals surface area contributed by atoms with Crippen molar-refractivity contribution in [2.45, 2.75) is 42.8 Å². The van der Waals surface area contributed by atoms with Crippen molar-refractivity contribution in [1.82, 2.24) is 4.90 Å². The Kier molecular flexibility index (Phi) is 6.03. The van der Waals surface area contributed by atoms with Gasteiger partial charge in [-0.05, 0) is 42.5 Å². The van der Waals surface area contributed by atoms with Gasteiger partial charge in [-0.15, -0.1) is 0 Å². The van der Waals surface area contributed by atoms with Crippen LogP contribution < -0.4 is 0 Å². The van der Waals surface area contributed by atoms with Gasteiger partial charge in [0.15, 0.2) is 0 Å². The highest BCUT2D eigenvalue weighted by molar-refractivity contribution is 7.86. The molecule has 1 aliphatic heterocycles. The van der Waals surface area contributed by atoms with Crippen LogP contribution in [0.3, 0.4) is 0 Å². The van der Waals surface area contributed by atoms with Gasteiger partial charge in [-0.3, -0.25) is 9.45 Å². The average Bonchev–Trinajstić information content (AvgIpc) is 2.69. The number of phenolic OH excluding ortho intramolecular Hbond substituents is 1. The minimum Gasteiger partial charge on any atom is -0.508 e. The van der Waals surface area contributed by atoms with Crippen LogP contribution in [0, 0.1) is 0 Å². The quantitative estimate of drug-likeness (QED) is 0.528. The largest absolute Gasteiger partial charge is 0.508 e. The Morgan fingerprint density at radius 3 is 2.24 bits per heavy atom. The van der Waals surface area contributed by atoms with Gasteiger partial charge < -0.3 is 15.3 Å². The summed E-state index contributed by atoms with van der Waals surface area (Å²) in [5.74, 6) is -0.170. The molecule has 0 aromatic heterocycles. The van der Waals surface area contributed by atoms with Gasteiger partial charge in [0.05, 0.1) is 11.7 Å². The van der Waals surface area contributed by atoms with Crippen molar-refractivity contribution in [2.75, 3.05) is 13.1 Å². The van der Waals surface area contributed by atoms with E-state index in [1.165, 1.54) is 29.2 Å². The molecule has 0 amide bonds. The van der Waals surface area contributed by atoms with Crippen LogP contribution in [0.25, 0.3) is 0 Å². The number of benzene rings is 2. The molecule has 2 aromatic carbocycles.